The molecule has 9 heteroatoms. The summed E-state index contributed by atoms with van der Waals surface area (Å²) in [4.78, 5) is 39.5. The molecule has 44 heavy (non-hydrogen) atoms. The molecule has 3 aromatic carbocycles. The van der Waals surface area contributed by atoms with Crippen LogP contribution in [0.15, 0.2) is 59.6 Å². The predicted molar refractivity (Wildman–Crippen MR) is 163 cm³/mol. The van der Waals surface area contributed by atoms with Crippen molar-refractivity contribution in [3.05, 3.63) is 104 Å². The van der Waals surface area contributed by atoms with E-state index in [9.17, 15) is 24.6 Å². The van der Waals surface area contributed by atoms with Gasteiger partial charge in [-0.25, -0.2) is 0 Å². The number of phenolic OH excluding ortho intramolecular Hbond substituents is 1. The van der Waals surface area contributed by atoms with Gasteiger partial charge in [0, 0.05) is 18.7 Å². The lowest BCUT2D eigenvalue weighted by molar-refractivity contribution is -0.123. The number of allylic oxidation sites excluding steroid dienone is 3. The number of aromatic hydroxyl groups is 1. The number of Topliss-reactive ketones (excluding diaryl/α,β-unsaturated/α-hetero) is 2. The van der Waals surface area contributed by atoms with Crippen LogP contribution in [0.3, 0.4) is 0 Å². The highest BCUT2D eigenvalue weighted by atomic mass is 16.5. The summed E-state index contributed by atoms with van der Waals surface area (Å²) in [6, 6.07) is 11.2. The molecule has 1 aliphatic carbocycles. The first-order valence-electron chi connectivity index (χ1n) is 14.2. The zero-order valence-electron chi connectivity index (χ0n) is 25.8. The van der Waals surface area contributed by atoms with Crippen LogP contribution < -0.4 is 19.5 Å². The molecule has 5 rings (SSSR count). The van der Waals surface area contributed by atoms with Gasteiger partial charge < -0.3 is 29.7 Å². The average molecular weight is 598 g/mol. The van der Waals surface area contributed by atoms with Crippen molar-refractivity contribution in [1.82, 2.24) is 5.32 Å². The summed E-state index contributed by atoms with van der Waals surface area (Å²) in [5.41, 5.74) is 3.83. The van der Waals surface area contributed by atoms with E-state index in [1.165, 1.54) is 33.1 Å². The summed E-state index contributed by atoms with van der Waals surface area (Å²) < 4.78 is 17.7. The van der Waals surface area contributed by atoms with Crippen LogP contribution in [0.2, 0.25) is 0 Å². The Hall–Kier alpha value is -5.05. The predicted octanol–water partition coefficient (Wildman–Crippen LogP) is 5.66. The van der Waals surface area contributed by atoms with Crippen molar-refractivity contribution >= 4 is 17.5 Å². The molecule has 0 aromatic heterocycles. The number of aliphatic hydroxyl groups is 1. The van der Waals surface area contributed by atoms with Crippen LogP contribution in [-0.2, 0) is 28.2 Å². The van der Waals surface area contributed by atoms with Gasteiger partial charge in [0.15, 0.2) is 17.3 Å². The smallest absolute Gasteiger partial charge is 0.259 e. The van der Waals surface area contributed by atoms with E-state index in [2.05, 4.69) is 5.32 Å². The van der Waals surface area contributed by atoms with Crippen LogP contribution >= 0.6 is 0 Å². The van der Waals surface area contributed by atoms with E-state index in [4.69, 9.17) is 14.2 Å². The number of carbonyl (C=O) groups excluding carboxylic acids is 3. The van der Waals surface area contributed by atoms with Gasteiger partial charge in [-0.05, 0) is 74.9 Å². The summed E-state index contributed by atoms with van der Waals surface area (Å²) in [6.45, 7) is 11.2. The molecule has 1 heterocycles. The standard InChI is InChI=1S/C35H35NO8/c1-17-19(3)31(43-16-22-11-9-8-10-12-22)20(4)18(2)23(17)15-36-34(41)29-26(42-7)13-25(39)30-32(29)44-27-14-24(38)28(21(5)37)33(40)35(27,30)6/h8-14,38-39H,15-16H2,1-7H3,(H,36,41)/t35-/m1/s1. The van der Waals surface area contributed by atoms with Crippen molar-refractivity contribution < 1.29 is 38.8 Å². The Balaban J connectivity index is 1.48. The number of nitrogens with one attached hydrogen (secondary N) is 1. The van der Waals surface area contributed by atoms with Gasteiger partial charge in [0.1, 0.15) is 51.9 Å². The Morgan fingerprint density at radius 1 is 1.00 bits per heavy atom. The maximum absolute atomic E-state index is 13.8. The number of aliphatic hydroxyl groups excluding tert-OH is 1. The molecule has 2 aliphatic rings. The molecule has 1 amide bonds. The van der Waals surface area contributed by atoms with Gasteiger partial charge >= 0.3 is 0 Å². The van der Waals surface area contributed by atoms with Crippen LogP contribution in [-0.4, -0.2) is 34.8 Å². The molecule has 0 unspecified atom stereocenters. The Morgan fingerprint density at radius 2 is 1.64 bits per heavy atom. The number of hydrogen-bond acceptors (Lipinski definition) is 8. The molecule has 0 spiro atoms. The van der Waals surface area contributed by atoms with Crippen LogP contribution in [0.5, 0.6) is 23.0 Å². The number of methoxy groups -OCH3 is 1. The lowest BCUT2D eigenvalue weighted by Crippen LogP contribution is -2.38. The zero-order chi connectivity index (χ0) is 32.1. The molecule has 1 atom stereocenters. The number of fused-ring (bicyclic) bond motifs is 3. The number of hydrogen-bond donors (Lipinski definition) is 3. The molecule has 0 saturated carbocycles. The lowest BCUT2D eigenvalue weighted by atomic mass is 9.71. The van der Waals surface area contributed by atoms with Gasteiger partial charge in [0.25, 0.3) is 5.91 Å². The molecular formula is C35H35NO8. The van der Waals surface area contributed by atoms with Crippen molar-refractivity contribution in [2.45, 2.75) is 60.1 Å². The zero-order valence-corrected chi connectivity index (χ0v) is 25.8. The first kappa shape index (κ1) is 30.4. The van der Waals surface area contributed by atoms with Gasteiger partial charge in [0.05, 0.1) is 12.7 Å². The van der Waals surface area contributed by atoms with Crippen molar-refractivity contribution in [3.8, 4) is 23.0 Å². The SMILES string of the molecule is COc1cc(O)c2c(c1C(=O)NCc1c(C)c(C)c(OCc3ccccc3)c(C)c1C)OC1=CC(O)=C(C(C)=O)C(=O)[C@]12C. The fourth-order valence-corrected chi connectivity index (χ4v) is 6.04. The van der Waals surface area contributed by atoms with Crippen LogP contribution in [0.25, 0.3) is 0 Å². The number of ether oxygens (including phenoxy) is 3. The minimum Gasteiger partial charge on any atom is -0.507 e. The Kier molecular flexibility index (Phi) is 7.76. The van der Waals surface area contributed by atoms with E-state index >= 15 is 0 Å². The van der Waals surface area contributed by atoms with Crippen molar-refractivity contribution in [2.24, 2.45) is 0 Å². The fraction of sp³-hybridized carbons (Fsp3) is 0.286. The maximum Gasteiger partial charge on any atom is 0.259 e. The van der Waals surface area contributed by atoms with E-state index < -0.39 is 34.2 Å². The van der Waals surface area contributed by atoms with E-state index in [1.54, 1.807) is 0 Å². The summed E-state index contributed by atoms with van der Waals surface area (Å²) in [5, 5.41) is 24.4. The van der Waals surface area contributed by atoms with Crippen molar-refractivity contribution in [2.75, 3.05) is 7.11 Å². The van der Waals surface area contributed by atoms with Crippen molar-refractivity contribution in [1.29, 1.82) is 0 Å². The average Bonchev–Trinajstić information content (AvgIpc) is 3.29. The summed E-state index contributed by atoms with van der Waals surface area (Å²) in [7, 11) is 1.35. The second-order valence-corrected chi connectivity index (χ2v) is 11.3. The molecule has 228 valence electrons. The Labute approximate surface area is 255 Å². The van der Waals surface area contributed by atoms with Crippen LogP contribution in [0.4, 0.5) is 0 Å². The third kappa shape index (κ3) is 4.69. The Bertz CT molecular complexity index is 1770. The lowest BCUT2D eigenvalue weighted by Gasteiger charge is -2.27. The highest BCUT2D eigenvalue weighted by Gasteiger charge is 2.55. The molecule has 0 radical (unpaired) electrons. The monoisotopic (exact) mass is 597 g/mol. The van der Waals surface area contributed by atoms with E-state index in [-0.39, 0.29) is 40.7 Å². The first-order valence-corrected chi connectivity index (χ1v) is 14.2. The topological polar surface area (TPSA) is 131 Å². The van der Waals surface area contributed by atoms with Crippen LogP contribution in [0.1, 0.15) is 63.1 Å². The van der Waals surface area contributed by atoms with Gasteiger partial charge in [0.2, 0.25) is 0 Å². The largest absolute Gasteiger partial charge is 0.507 e. The van der Waals surface area contributed by atoms with Gasteiger partial charge in [-0.1, -0.05) is 30.3 Å². The highest BCUT2D eigenvalue weighted by molar-refractivity contribution is 6.25. The molecule has 1 aliphatic heterocycles. The molecule has 3 aromatic rings. The summed E-state index contributed by atoms with van der Waals surface area (Å²) >= 11 is 0. The second kappa shape index (κ2) is 11.2. The number of benzene rings is 3. The van der Waals surface area contributed by atoms with E-state index in [0.717, 1.165) is 39.1 Å². The molecule has 9 nitrogen and oxygen atoms in total. The number of phenols is 1. The third-order valence-electron chi connectivity index (χ3n) is 8.80. The first-order chi connectivity index (χ1) is 20.8. The van der Waals surface area contributed by atoms with Crippen molar-refractivity contribution in [3.63, 3.8) is 0 Å². The normalized spacial score (nSPS) is 17.0. The number of amides is 1. The van der Waals surface area contributed by atoms with E-state index in [1.807, 2.05) is 58.0 Å². The third-order valence-corrected chi connectivity index (χ3v) is 8.80. The summed E-state index contributed by atoms with van der Waals surface area (Å²) in [6.07, 6.45) is 1.17. The number of ketones is 2. The minimum atomic E-state index is -1.63. The molecular weight excluding hydrogens is 562 g/mol. The number of rotatable bonds is 8. The van der Waals surface area contributed by atoms with Gasteiger partial charge in [-0.3, -0.25) is 14.4 Å². The highest BCUT2D eigenvalue weighted by Crippen LogP contribution is 2.56. The minimum absolute atomic E-state index is 0.0124. The van der Waals surface area contributed by atoms with E-state index in [0.29, 0.717) is 6.61 Å². The quantitative estimate of drug-likeness (QED) is 0.284. The van der Waals surface area contributed by atoms with Gasteiger partial charge in [-0.2, -0.15) is 0 Å². The summed E-state index contributed by atoms with van der Waals surface area (Å²) in [5.74, 6) is -2.06. The molecule has 0 fully saturated rings. The fourth-order valence-electron chi connectivity index (χ4n) is 6.04. The van der Waals surface area contributed by atoms with Crippen LogP contribution in [0, 0.1) is 27.7 Å². The second-order valence-electron chi connectivity index (χ2n) is 11.3. The van der Waals surface area contributed by atoms with Gasteiger partial charge in [-0.15, -0.1) is 0 Å². The molecule has 0 bridgehead atoms. The molecule has 0 saturated heterocycles. The Morgan fingerprint density at radius 3 is 2.23 bits per heavy atom. The number of carbonyl (C=O) groups is 3. The maximum atomic E-state index is 13.8. The molecule has 3 N–H and O–H groups in total.